The van der Waals surface area contributed by atoms with Gasteiger partial charge in [-0.05, 0) is 37.3 Å². The van der Waals surface area contributed by atoms with Crippen LogP contribution < -0.4 is 14.8 Å². The average Bonchev–Trinajstić information content (AvgIpc) is 2.71. The zero-order chi connectivity index (χ0) is 18.9. The molecule has 7 heteroatoms. The second-order valence-electron chi connectivity index (χ2n) is 5.59. The van der Waals surface area contributed by atoms with Crippen molar-refractivity contribution in [3.63, 3.8) is 0 Å². The molecule has 0 fully saturated rings. The maximum atomic E-state index is 12.0. The number of nitrogens with one attached hydrogen (secondary N) is 1. The third-order valence-electron chi connectivity index (χ3n) is 3.67. The minimum absolute atomic E-state index is 0.0574. The summed E-state index contributed by atoms with van der Waals surface area (Å²) in [6.07, 6.45) is 1.52. The Morgan fingerprint density at radius 1 is 1.04 bits per heavy atom. The van der Waals surface area contributed by atoms with E-state index in [0.717, 1.165) is 27.4 Å². The fraction of sp³-hybridized carbons (Fsp3) is 0.250. The molecule has 2 aromatic carbocycles. The van der Waals surface area contributed by atoms with Gasteiger partial charge in [0.2, 0.25) is 5.91 Å². The van der Waals surface area contributed by atoms with E-state index in [4.69, 9.17) is 9.47 Å². The molecule has 0 unspecified atom stereocenters. The van der Waals surface area contributed by atoms with Crippen molar-refractivity contribution >= 4 is 28.6 Å². The Hall–Kier alpha value is -2.80. The minimum Gasteiger partial charge on any atom is -0.494 e. The SMILES string of the molecule is CCOc1ccc(OCCNC(=O)CSc2ncnc3ccccc23)cc1. The number of amides is 1. The number of carbonyl (C=O) groups excluding carboxylic acids is 1. The molecule has 0 atom stereocenters. The van der Waals surface area contributed by atoms with Crippen LogP contribution in [-0.2, 0) is 4.79 Å². The van der Waals surface area contributed by atoms with Gasteiger partial charge in [-0.25, -0.2) is 9.97 Å². The standard InChI is InChI=1S/C20H21N3O3S/c1-2-25-15-7-9-16(10-8-15)26-12-11-21-19(24)13-27-20-17-5-3-4-6-18(17)22-14-23-20/h3-10,14H,2,11-13H2,1H3,(H,21,24). The van der Waals surface area contributed by atoms with Crippen LogP contribution in [0.2, 0.25) is 0 Å². The molecule has 1 heterocycles. The van der Waals surface area contributed by atoms with E-state index in [9.17, 15) is 4.79 Å². The molecular weight excluding hydrogens is 362 g/mol. The lowest BCUT2D eigenvalue weighted by Crippen LogP contribution is -2.29. The molecular formula is C20H21N3O3S. The summed E-state index contributed by atoms with van der Waals surface area (Å²) in [7, 11) is 0. The van der Waals surface area contributed by atoms with Gasteiger partial charge >= 0.3 is 0 Å². The molecule has 1 aromatic heterocycles. The maximum absolute atomic E-state index is 12.0. The fourth-order valence-electron chi connectivity index (χ4n) is 2.44. The maximum Gasteiger partial charge on any atom is 0.230 e. The first-order chi connectivity index (χ1) is 13.3. The van der Waals surface area contributed by atoms with Gasteiger partial charge in [-0.1, -0.05) is 30.0 Å². The molecule has 3 aromatic rings. The van der Waals surface area contributed by atoms with Crippen molar-refractivity contribution in [2.75, 3.05) is 25.5 Å². The number of para-hydroxylation sites is 1. The number of aromatic nitrogens is 2. The van der Waals surface area contributed by atoms with Crippen LogP contribution in [0.15, 0.2) is 59.9 Å². The van der Waals surface area contributed by atoms with E-state index >= 15 is 0 Å². The number of ether oxygens (including phenoxy) is 2. The normalized spacial score (nSPS) is 10.6. The zero-order valence-corrected chi connectivity index (χ0v) is 15.9. The van der Waals surface area contributed by atoms with Crippen molar-refractivity contribution in [1.29, 1.82) is 0 Å². The molecule has 140 valence electrons. The Kier molecular flexibility index (Phi) is 6.87. The van der Waals surface area contributed by atoms with Crippen LogP contribution in [0.5, 0.6) is 11.5 Å². The Labute approximate surface area is 162 Å². The molecule has 0 bridgehead atoms. The lowest BCUT2D eigenvalue weighted by Gasteiger charge is -2.09. The van der Waals surface area contributed by atoms with E-state index in [0.29, 0.717) is 25.5 Å². The topological polar surface area (TPSA) is 73.3 Å². The van der Waals surface area contributed by atoms with Crippen molar-refractivity contribution in [1.82, 2.24) is 15.3 Å². The highest BCUT2D eigenvalue weighted by atomic mass is 32.2. The van der Waals surface area contributed by atoms with E-state index in [2.05, 4.69) is 15.3 Å². The monoisotopic (exact) mass is 383 g/mol. The average molecular weight is 383 g/mol. The molecule has 0 aliphatic heterocycles. The van der Waals surface area contributed by atoms with Gasteiger partial charge in [-0.15, -0.1) is 0 Å². The first-order valence-corrected chi connectivity index (χ1v) is 9.69. The summed E-state index contributed by atoms with van der Waals surface area (Å²) in [6.45, 7) is 3.42. The van der Waals surface area contributed by atoms with Crippen LogP contribution in [0, 0.1) is 0 Å². The number of fused-ring (bicyclic) bond motifs is 1. The summed E-state index contributed by atoms with van der Waals surface area (Å²) in [5.74, 6) is 1.80. The zero-order valence-electron chi connectivity index (χ0n) is 15.1. The van der Waals surface area contributed by atoms with E-state index in [-0.39, 0.29) is 5.91 Å². The van der Waals surface area contributed by atoms with Crippen LogP contribution in [0.4, 0.5) is 0 Å². The Bertz CT molecular complexity index is 882. The highest BCUT2D eigenvalue weighted by molar-refractivity contribution is 8.00. The predicted molar refractivity (Wildman–Crippen MR) is 106 cm³/mol. The predicted octanol–water partition coefficient (Wildman–Crippen LogP) is 3.32. The number of benzene rings is 2. The number of hydrogen-bond acceptors (Lipinski definition) is 6. The van der Waals surface area contributed by atoms with Crippen molar-refractivity contribution in [3.05, 3.63) is 54.9 Å². The summed E-state index contributed by atoms with van der Waals surface area (Å²) >= 11 is 1.40. The van der Waals surface area contributed by atoms with Crippen molar-refractivity contribution in [2.24, 2.45) is 0 Å². The lowest BCUT2D eigenvalue weighted by atomic mass is 10.2. The largest absolute Gasteiger partial charge is 0.494 e. The summed E-state index contributed by atoms with van der Waals surface area (Å²) in [5, 5.41) is 4.61. The molecule has 0 saturated heterocycles. The second-order valence-corrected chi connectivity index (χ2v) is 6.55. The van der Waals surface area contributed by atoms with E-state index in [1.54, 1.807) is 0 Å². The smallest absolute Gasteiger partial charge is 0.230 e. The summed E-state index contributed by atoms with van der Waals surface area (Å²) < 4.78 is 11.0. The summed E-state index contributed by atoms with van der Waals surface area (Å²) in [4.78, 5) is 20.5. The van der Waals surface area contributed by atoms with Gasteiger partial charge in [0.15, 0.2) is 0 Å². The lowest BCUT2D eigenvalue weighted by molar-refractivity contribution is -0.118. The molecule has 0 spiro atoms. The van der Waals surface area contributed by atoms with Gasteiger partial charge in [0.05, 0.1) is 24.4 Å². The third-order valence-corrected chi connectivity index (χ3v) is 4.68. The number of thioether (sulfide) groups is 1. The molecule has 0 radical (unpaired) electrons. The highest BCUT2D eigenvalue weighted by Crippen LogP contribution is 2.23. The molecule has 6 nitrogen and oxygen atoms in total. The summed E-state index contributed by atoms with van der Waals surface area (Å²) in [6, 6.07) is 15.2. The molecule has 3 rings (SSSR count). The Morgan fingerprint density at radius 3 is 2.56 bits per heavy atom. The van der Waals surface area contributed by atoms with Crippen LogP contribution >= 0.6 is 11.8 Å². The van der Waals surface area contributed by atoms with Crippen LogP contribution in [0.3, 0.4) is 0 Å². The first kappa shape index (κ1) is 19.0. The minimum atomic E-state index is -0.0574. The van der Waals surface area contributed by atoms with Crippen LogP contribution in [-0.4, -0.2) is 41.4 Å². The number of rotatable bonds is 9. The van der Waals surface area contributed by atoms with Crippen molar-refractivity contribution < 1.29 is 14.3 Å². The Balaban J connectivity index is 1.39. The third kappa shape index (κ3) is 5.59. The molecule has 1 N–H and O–H groups in total. The van der Waals surface area contributed by atoms with Gasteiger partial charge in [0.1, 0.15) is 29.5 Å². The second kappa shape index (κ2) is 9.78. The van der Waals surface area contributed by atoms with Gasteiger partial charge in [0, 0.05) is 5.39 Å². The number of hydrogen-bond donors (Lipinski definition) is 1. The molecule has 27 heavy (non-hydrogen) atoms. The first-order valence-electron chi connectivity index (χ1n) is 8.71. The quantitative estimate of drug-likeness (QED) is 0.347. The van der Waals surface area contributed by atoms with E-state index in [1.165, 1.54) is 18.1 Å². The molecule has 0 aliphatic carbocycles. The Morgan fingerprint density at radius 2 is 1.78 bits per heavy atom. The number of carbonyl (C=O) groups is 1. The van der Waals surface area contributed by atoms with E-state index < -0.39 is 0 Å². The van der Waals surface area contributed by atoms with Gasteiger partial charge in [-0.2, -0.15) is 0 Å². The fourth-order valence-corrected chi connectivity index (χ4v) is 3.26. The van der Waals surface area contributed by atoms with E-state index in [1.807, 2.05) is 55.5 Å². The van der Waals surface area contributed by atoms with Gasteiger partial charge in [0.25, 0.3) is 0 Å². The van der Waals surface area contributed by atoms with Crippen LogP contribution in [0.25, 0.3) is 10.9 Å². The highest BCUT2D eigenvalue weighted by Gasteiger charge is 2.07. The van der Waals surface area contributed by atoms with Crippen molar-refractivity contribution in [3.8, 4) is 11.5 Å². The molecule has 0 saturated carbocycles. The molecule has 0 aliphatic rings. The molecule has 1 amide bonds. The van der Waals surface area contributed by atoms with Crippen molar-refractivity contribution in [2.45, 2.75) is 11.9 Å². The summed E-state index contributed by atoms with van der Waals surface area (Å²) in [5.41, 5.74) is 0.874. The van der Waals surface area contributed by atoms with Gasteiger partial charge in [-0.3, -0.25) is 4.79 Å². The van der Waals surface area contributed by atoms with Gasteiger partial charge < -0.3 is 14.8 Å². The number of nitrogens with zero attached hydrogens (tertiary/aromatic N) is 2. The van der Waals surface area contributed by atoms with Crippen LogP contribution in [0.1, 0.15) is 6.92 Å².